The first-order chi connectivity index (χ1) is 6.65. The number of hydrogen-bond donors (Lipinski definition) is 0. The second-order valence-corrected chi connectivity index (χ2v) is 2.29. The van der Waals surface area contributed by atoms with Gasteiger partial charge in [-0.1, -0.05) is 0 Å². The molecule has 0 radical (unpaired) electrons. The average molecular weight is 204 g/mol. The first-order valence-corrected chi connectivity index (χ1v) is 3.85. The lowest BCUT2D eigenvalue weighted by atomic mass is 10.2. The van der Waals surface area contributed by atoms with E-state index >= 15 is 0 Å². The van der Waals surface area contributed by atoms with Crippen LogP contribution in [-0.2, 0) is 28.6 Å². The van der Waals surface area contributed by atoms with E-state index in [9.17, 15) is 14.4 Å². The molecule has 0 amide bonds. The van der Waals surface area contributed by atoms with Gasteiger partial charge in [-0.2, -0.15) is 0 Å². The molecule has 0 aliphatic rings. The minimum absolute atomic E-state index is 0.267. The van der Waals surface area contributed by atoms with Gasteiger partial charge in [0.2, 0.25) is 0 Å². The van der Waals surface area contributed by atoms with E-state index in [1.807, 2.05) is 0 Å². The van der Waals surface area contributed by atoms with Crippen LogP contribution in [0.25, 0.3) is 0 Å². The van der Waals surface area contributed by atoms with Crippen molar-refractivity contribution in [3.63, 3.8) is 0 Å². The summed E-state index contributed by atoms with van der Waals surface area (Å²) in [6, 6.07) is 0. The van der Waals surface area contributed by atoms with Crippen molar-refractivity contribution in [2.24, 2.45) is 0 Å². The normalized spacial score (nSPS) is 11.6. The van der Waals surface area contributed by atoms with Crippen LogP contribution in [0.2, 0.25) is 0 Å². The van der Waals surface area contributed by atoms with Crippen molar-refractivity contribution >= 4 is 18.2 Å². The van der Waals surface area contributed by atoms with E-state index in [0.717, 1.165) is 7.11 Å². The van der Waals surface area contributed by atoms with Gasteiger partial charge in [-0.15, -0.1) is 0 Å². The Morgan fingerprint density at radius 2 is 1.93 bits per heavy atom. The van der Waals surface area contributed by atoms with E-state index in [0.29, 0.717) is 6.29 Å². The van der Waals surface area contributed by atoms with Crippen LogP contribution >= 0.6 is 0 Å². The van der Waals surface area contributed by atoms with E-state index in [2.05, 4.69) is 9.47 Å². The molecule has 6 nitrogen and oxygen atoms in total. The average Bonchev–Trinajstić information content (AvgIpc) is 2.22. The lowest BCUT2D eigenvalue weighted by Gasteiger charge is -2.12. The van der Waals surface area contributed by atoms with Crippen LogP contribution in [0.15, 0.2) is 0 Å². The minimum Gasteiger partial charge on any atom is -0.469 e. The molecule has 0 fully saturated rings. The van der Waals surface area contributed by atoms with Gasteiger partial charge in [0, 0.05) is 0 Å². The van der Waals surface area contributed by atoms with Crippen LogP contribution in [0.1, 0.15) is 6.42 Å². The standard InChI is InChI=1S/C8H12O6/c1-12-7(10)5-6(8(11)13-2)14-4-3-9/h3,6H,4-5H2,1-2H3. The maximum atomic E-state index is 11.0. The first kappa shape index (κ1) is 12.6. The molecule has 0 saturated carbocycles. The first-order valence-electron chi connectivity index (χ1n) is 3.85. The van der Waals surface area contributed by atoms with Gasteiger partial charge in [0.05, 0.1) is 20.6 Å². The summed E-state index contributed by atoms with van der Waals surface area (Å²) in [4.78, 5) is 31.8. The number of aldehydes is 1. The summed E-state index contributed by atoms with van der Waals surface area (Å²) >= 11 is 0. The highest BCUT2D eigenvalue weighted by Gasteiger charge is 2.23. The molecule has 0 saturated heterocycles. The molecule has 0 heterocycles. The quantitative estimate of drug-likeness (QED) is 0.420. The number of carbonyl (C=O) groups is 3. The summed E-state index contributed by atoms with van der Waals surface area (Å²) in [6.07, 6.45) is -0.873. The van der Waals surface area contributed by atoms with Crippen molar-refractivity contribution in [1.29, 1.82) is 0 Å². The van der Waals surface area contributed by atoms with Crippen molar-refractivity contribution in [2.75, 3.05) is 20.8 Å². The molecule has 0 spiro atoms. The minimum atomic E-state index is -1.09. The summed E-state index contributed by atoms with van der Waals surface area (Å²) in [7, 11) is 2.35. The molecule has 1 unspecified atom stereocenters. The number of ether oxygens (including phenoxy) is 3. The fourth-order valence-electron chi connectivity index (χ4n) is 0.732. The highest BCUT2D eigenvalue weighted by Crippen LogP contribution is 2.02. The number of hydrogen-bond acceptors (Lipinski definition) is 6. The number of esters is 2. The Morgan fingerprint density at radius 1 is 1.29 bits per heavy atom. The molecule has 1 atom stereocenters. The Bertz CT molecular complexity index is 212. The van der Waals surface area contributed by atoms with Crippen molar-refractivity contribution in [2.45, 2.75) is 12.5 Å². The molecular weight excluding hydrogens is 192 g/mol. The van der Waals surface area contributed by atoms with Gasteiger partial charge in [0.15, 0.2) is 6.10 Å². The van der Waals surface area contributed by atoms with Gasteiger partial charge < -0.3 is 19.0 Å². The van der Waals surface area contributed by atoms with E-state index in [1.165, 1.54) is 7.11 Å². The summed E-state index contributed by atoms with van der Waals surface area (Å²) in [6.45, 7) is -0.267. The molecule has 0 rings (SSSR count). The zero-order chi connectivity index (χ0) is 11.0. The molecular formula is C8H12O6. The van der Waals surface area contributed by atoms with Crippen molar-refractivity contribution in [3.05, 3.63) is 0 Å². The van der Waals surface area contributed by atoms with Gasteiger partial charge in [-0.3, -0.25) is 4.79 Å². The fourth-order valence-corrected chi connectivity index (χ4v) is 0.732. The molecule has 6 heteroatoms. The van der Waals surface area contributed by atoms with Gasteiger partial charge >= 0.3 is 11.9 Å². The second kappa shape index (κ2) is 7.02. The summed E-state index contributed by atoms with van der Waals surface area (Å²) in [5, 5.41) is 0. The Labute approximate surface area is 81.1 Å². The van der Waals surface area contributed by atoms with Crippen molar-refractivity contribution in [3.8, 4) is 0 Å². The summed E-state index contributed by atoms with van der Waals surface area (Å²) in [5.41, 5.74) is 0. The topological polar surface area (TPSA) is 78.9 Å². The Hall–Kier alpha value is -1.43. The number of methoxy groups -OCH3 is 2. The zero-order valence-corrected chi connectivity index (χ0v) is 8.02. The summed E-state index contributed by atoms with van der Waals surface area (Å²) < 4.78 is 13.5. The summed E-state index contributed by atoms with van der Waals surface area (Å²) in [5.74, 6) is -1.32. The highest BCUT2D eigenvalue weighted by atomic mass is 16.6. The smallest absolute Gasteiger partial charge is 0.335 e. The highest BCUT2D eigenvalue weighted by molar-refractivity contribution is 5.81. The SMILES string of the molecule is COC(=O)CC(OCC=O)C(=O)OC. The van der Waals surface area contributed by atoms with E-state index < -0.39 is 18.0 Å². The van der Waals surface area contributed by atoms with Crippen LogP contribution in [0.3, 0.4) is 0 Å². The third kappa shape index (κ3) is 4.56. The van der Waals surface area contributed by atoms with E-state index in [1.54, 1.807) is 0 Å². The Balaban J connectivity index is 4.16. The van der Waals surface area contributed by atoms with Crippen molar-refractivity contribution in [1.82, 2.24) is 0 Å². The van der Waals surface area contributed by atoms with Gasteiger partial charge in [-0.25, -0.2) is 4.79 Å². The fraction of sp³-hybridized carbons (Fsp3) is 0.625. The van der Waals surface area contributed by atoms with E-state index in [4.69, 9.17) is 4.74 Å². The predicted octanol–water partition coefficient (Wildman–Crippen LogP) is -0.693. The molecule has 0 aromatic heterocycles. The van der Waals surface area contributed by atoms with Crippen LogP contribution in [-0.4, -0.2) is 45.2 Å². The molecule has 0 aliphatic carbocycles. The molecule has 0 N–H and O–H groups in total. The molecule has 14 heavy (non-hydrogen) atoms. The number of rotatable bonds is 6. The predicted molar refractivity (Wildman–Crippen MR) is 44.5 cm³/mol. The van der Waals surface area contributed by atoms with Crippen LogP contribution < -0.4 is 0 Å². The maximum Gasteiger partial charge on any atom is 0.335 e. The van der Waals surface area contributed by atoms with Gasteiger partial charge in [-0.05, 0) is 0 Å². The lowest BCUT2D eigenvalue weighted by Crippen LogP contribution is -2.29. The molecule has 0 bridgehead atoms. The second-order valence-electron chi connectivity index (χ2n) is 2.29. The Kier molecular flexibility index (Phi) is 6.30. The van der Waals surface area contributed by atoms with Crippen LogP contribution in [0.5, 0.6) is 0 Å². The largest absolute Gasteiger partial charge is 0.469 e. The number of carbonyl (C=O) groups excluding carboxylic acids is 3. The molecule has 0 aromatic rings. The Morgan fingerprint density at radius 3 is 2.36 bits per heavy atom. The van der Waals surface area contributed by atoms with Crippen LogP contribution in [0.4, 0.5) is 0 Å². The van der Waals surface area contributed by atoms with E-state index in [-0.39, 0.29) is 13.0 Å². The van der Waals surface area contributed by atoms with Crippen LogP contribution in [0, 0.1) is 0 Å². The molecule has 0 aliphatic heterocycles. The van der Waals surface area contributed by atoms with Crippen molar-refractivity contribution < 1.29 is 28.6 Å². The third-order valence-corrected chi connectivity index (χ3v) is 1.41. The monoisotopic (exact) mass is 204 g/mol. The van der Waals surface area contributed by atoms with Gasteiger partial charge in [0.1, 0.15) is 12.9 Å². The lowest BCUT2D eigenvalue weighted by molar-refractivity contribution is -0.160. The molecule has 0 aromatic carbocycles. The van der Waals surface area contributed by atoms with Gasteiger partial charge in [0.25, 0.3) is 0 Å². The molecule has 80 valence electrons. The maximum absolute atomic E-state index is 11.0. The zero-order valence-electron chi connectivity index (χ0n) is 8.02. The third-order valence-electron chi connectivity index (χ3n) is 1.41.